The van der Waals surface area contributed by atoms with E-state index in [4.69, 9.17) is 0 Å². The van der Waals surface area contributed by atoms with Gasteiger partial charge in [0.25, 0.3) is 0 Å². The minimum atomic E-state index is 0.0464. The van der Waals surface area contributed by atoms with Gasteiger partial charge in [0.15, 0.2) is 0 Å². The second-order valence-electron chi connectivity index (χ2n) is 4.18. The van der Waals surface area contributed by atoms with Crippen molar-refractivity contribution in [2.75, 3.05) is 6.26 Å². The molecule has 2 rings (SSSR count). The van der Waals surface area contributed by atoms with Crippen LogP contribution in [0.2, 0.25) is 0 Å². The summed E-state index contributed by atoms with van der Waals surface area (Å²) < 4.78 is 0. The van der Waals surface area contributed by atoms with E-state index in [2.05, 4.69) is 22.7 Å². The predicted molar refractivity (Wildman–Crippen MR) is 71.3 cm³/mol. The van der Waals surface area contributed by atoms with Crippen LogP contribution in [0.3, 0.4) is 0 Å². The molecule has 90 valence electrons. The number of thioether (sulfide) groups is 1. The SMILES string of the molecule is CSc1ccc(C(C)=NNC(=O)C2CC2)cc1. The van der Waals surface area contributed by atoms with E-state index < -0.39 is 0 Å². The van der Waals surface area contributed by atoms with Gasteiger partial charge in [-0.2, -0.15) is 5.10 Å². The first-order valence-electron chi connectivity index (χ1n) is 5.69. The zero-order valence-corrected chi connectivity index (χ0v) is 10.9. The summed E-state index contributed by atoms with van der Waals surface area (Å²) in [6.07, 6.45) is 4.05. The number of nitrogens with zero attached hydrogens (tertiary/aromatic N) is 1. The fraction of sp³-hybridized carbons (Fsp3) is 0.385. The summed E-state index contributed by atoms with van der Waals surface area (Å²) in [5.41, 5.74) is 4.50. The van der Waals surface area contributed by atoms with E-state index in [1.54, 1.807) is 11.8 Å². The van der Waals surface area contributed by atoms with Crippen molar-refractivity contribution >= 4 is 23.4 Å². The van der Waals surface area contributed by atoms with Gasteiger partial charge in [0, 0.05) is 10.8 Å². The summed E-state index contributed by atoms with van der Waals surface area (Å²) >= 11 is 1.71. The lowest BCUT2D eigenvalue weighted by Gasteiger charge is -2.03. The maximum Gasteiger partial charge on any atom is 0.243 e. The predicted octanol–water partition coefficient (Wildman–Crippen LogP) is 2.66. The Balaban J connectivity index is 1.99. The molecule has 0 heterocycles. The fourth-order valence-electron chi connectivity index (χ4n) is 1.47. The summed E-state index contributed by atoms with van der Waals surface area (Å²) in [5.74, 6) is 0.246. The van der Waals surface area contributed by atoms with Crippen LogP contribution >= 0.6 is 11.8 Å². The molecular formula is C13H16N2OS. The smallest absolute Gasteiger partial charge is 0.243 e. The monoisotopic (exact) mass is 248 g/mol. The molecule has 0 radical (unpaired) electrons. The van der Waals surface area contributed by atoms with Gasteiger partial charge in [-0.25, -0.2) is 5.43 Å². The van der Waals surface area contributed by atoms with Gasteiger partial charge in [0.2, 0.25) is 5.91 Å². The Hall–Kier alpha value is -1.29. The molecule has 17 heavy (non-hydrogen) atoms. The maximum atomic E-state index is 11.4. The van der Waals surface area contributed by atoms with Gasteiger partial charge in [-0.15, -0.1) is 11.8 Å². The summed E-state index contributed by atoms with van der Waals surface area (Å²) in [7, 11) is 0. The number of rotatable bonds is 4. The second kappa shape index (κ2) is 5.36. The van der Waals surface area contributed by atoms with Gasteiger partial charge in [-0.05, 0) is 43.7 Å². The van der Waals surface area contributed by atoms with Gasteiger partial charge >= 0.3 is 0 Å². The molecule has 1 aromatic carbocycles. The first kappa shape index (κ1) is 12.2. The van der Waals surface area contributed by atoms with E-state index in [1.165, 1.54) is 4.90 Å². The van der Waals surface area contributed by atoms with Crippen LogP contribution in [0.5, 0.6) is 0 Å². The van der Waals surface area contributed by atoms with Crippen molar-refractivity contribution in [1.82, 2.24) is 5.43 Å². The van der Waals surface area contributed by atoms with Crippen LogP contribution in [0.25, 0.3) is 0 Å². The molecule has 0 aromatic heterocycles. The van der Waals surface area contributed by atoms with Crippen molar-refractivity contribution in [3.05, 3.63) is 29.8 Å². The first-order valence-corrected chi connectivity index (χ1v) is 6.91. The van der Waals surface area contributed by atoms with Crippen LogP contribution in [0.15, 0.2) is 34.3 Å². The zero-order valence-electron chi connectivity index (χ0n) is 10.1. The third-order valence-corrected chi connectivity index (χ3v) is 3.53. The van der Waals surface area contributed by atoms with E-state index in [0.717, 1.165) is 24.1 Å². The second-order valence-corrected chi connectivity index (χ2v) is 5.06. The molecule has 0 unspecified atom stereocenters. The first-order chi connectivity index (χ1) is 8.20. The van der Waals surface area contributed by atoms with E-state index in [0.29, 0.717) is 0 Å². The number of nitrogens with one attached hydrogen (secondary N) is 1. The number of benzene rings is 1. The maximum absolute atomic E-state index is 11.4. The Morgan fingerprint density at radius 1 is 1.35 bits per heavy atom. The van der Waals surface area contributed by atoms with Crippen LogP contribution in [0.4, 0.5) is 0 Å². The summed E-state index contributed by atoms with van der Waals surface area (Å²) in [5, 5.41) is 4.12. The molecule has 1 N–H and O–H groups in total. The molecule has 4 heteroatoms. The molecule has 0 saturated heterocycles. The van der Waals surface area contributed by atoms with E-state index in [1.807, 2.05) is 25.3 Å². The molecule has 1 aliphatic carbocycles. The van der Waals surface area contributed by atoms with Crippen LogP contribution in [0.1, 0.15) is 25.3 Å². The largest absolute Gasteiger partial charge is 0.273 e. The summed E-state index contributed by atoms with van der Waals surface area (Å²) in [4.78, 5) is 12.6. The molecule has 1 saturated carbocycles. The molecule has 1 fully saturated rings. The van der Waals surface area contributed by atoms with E-state index >= 15 is 0 Å². The Kier molecular flexibility index (Phi) is 3.84. The van der Waals surface area contributed by atoms with Crippen LogP contribution in [-0.4, -0.2) is 17.9 Å². The molecule has 0 aliphatic heterocycles. The lowest BCUT2D eigenvalue weighted by molar-refractivity contribution is -0.122. The fourth-order valence-corrected chi connectivity index (χ4v) is 1.88. The normalized spacial score (nSPS) is 15.8. The molecule has 1 aliphatic rings. The molecule has 0 spiro atoms. The van der Waals surface area contributed by atoms with Gasteiger partial charge in [0.05, 0.1) is 5.71 Å². The van der Waals surface area contributed by atoms with E-state index in [9.17, 15) is 4.79 Å². The summed E-state index contributed by atoms with van der Waals surface area (Å²) in [6, 6.07) is 8.16. The zero-order chi connectivity index (χ0) is 12.3. The average molecular weight is 248 g/mol. The van der Waals surface area contributed by atoms with Crippen molar-refractivity contribution < 1.29 is 4.79 Å². The van der Waals surface area contributed by atoms with Gasteiger partial charge in [-0.1, -0.05) is 12.1 Å². The molecular weight excluding hydrogens is 232 g/mol. The molecule has 1 aromatic rings. The number of amides is 1. The minimum Gasteiger partial charge on any atom is -0.273 e. The van der Waals surface area contributed by atoms with Crippen molar-refractivity contribution in [2.24, 2.45) is 11.0 Å². The molecule has 3 nitrogen and oxygen atoms in total. The van der Waals surface area contributed by atoms with Crippen molar-refractivity contribution in [2.45, 2.75) is 24.7 Å². The lowest BCUT2D eigenvalue weighted by Crippen LogP contribution is -2.20. The number of carbonyl (C=O) groups is 1. The van der Waals surface area contributed by atoms with Crippen LogP contribution in [0, 0.1) is 5.92 Å². The quantitative estimate of drug-likeness (QED) is 0.505. The highest BCUT2D eigenvalue weighted by molar-refractivity contribution is 7.98. The number of hydrogen-bond donors (Lipinski definition) is 1. The average Bonchev–Trinajstić information content (AvgIpc) is 3.20. The highest BCUT2D eigenvalue weighted by atomic mass is 32.2. The van der Waals surface area contributed by atoms with Crippen molar-refractivity contribution in [3.8, 4) is 0 Å². The third-order valence-electron chi connectivity index (χ3n) is 2.79. The Bertz CT molecular complexity index is 435. The molecule has 0 atom stereocenters. The van der Waals surface area contributed by atoms with Gasteiger partial charge in [0.1, 0.15) is 0 Å². The van der Waals surface area contributed by atoms with Gasteiger partial charge < -0.3 is 0 Å². The Morgan fingerprint density at radius 3 is 2.53 bits per heavy atom. The molecule has 0 bridgehead atoms. The van der Waals surface area contributed by atoms with Crippen molar-refractivity contribution in [1.29, 1.82) is 0 Å². The topological polar surface area (TPSA) is 41.5 Å². The number of hydrogen-bond acceptors (Lipinski definition) is 3. The third kappa shape index (κ3) is 3.33. The van der Waals surface area contributed by atoms with Gasteiger partial charge in [-0.3, -0.25) is 4.79 Å². The van der Waals surface area contributed by atoms with Crippen LogP contribution in [-0.2, 0) is 4.79 Å². The Labute approximate surface area is 106 Å². The summed E-state index contributed by atoms with van der Waals surface area (Å²) in [6.45, 7) is 1.90. The number of carbonyl (C=O) groups excluding carboxylic acids is 1. The highest BCUT2D eigenvalue weighted by Gasteiger charge is 2.29. The molecule has 1 amide bonds. The van der Waals surface area contributed by atoms with Crippen molar-refractivity contribution in [3.63, 3.8) is 0 Å². The standard InChI is InChI=1S/C13H16N2OS/c1-9(14-15-13(16)11-3-4-11)10-5-7-12(17-2)8-6-10/h5-8,11H,3-4H2,1-2H3,(H,15,16). The highest BCUT2D eigenvalue weighted by Crippen LogP contribution is 2.28. The van der Waals surface area contributed by atoms with E-state index in [-0.39, 0.29) is 11.8 Å². The minimum absolute atomic E-state index is 0.0464. The van der Waals surface area contributed by atoms with Crippen LogP contribution < -0.4 is 5.43 Å². The lowest BCUT2D eigenvalue weighted by atomic mass is 10.1. The number of hydrazone groups is 1. The Morgan fingerprint density at radius 2 is 2.00 bits per heavy atom.